The molecule has 3 nitrogen and oxygen atoms in total. The van der Waals surface area contributed by atoms with E-state index in [4.69, 9.17) is 0 Å². The number of benzene rings is 2. The summed E-state index contributed by atoms with van der Waals surface area (Å²) < 4.78 is 0. The number of carbonyl (C=O) groups excluding carboxylic acids is 1. The molecule has 92 valence electrons. The van der Waals surface area contributed by atoms with Crippen LogP contribution in [0.25, 0.3) is 0 Å². The van der Waals surface area contributed by atoms with Gasteiger partial charge in [0.15, 0.2) is 0 Å². The number of rotatable bonds is 3. The largest absolute Gasteiger partial charge is 0.322 e. The molecular formula is C15H17N2O+. The molecule has 0 spiro atoms. The minimum absolute atomic E-state index is 0.0828. The van der Waals surface area contributed by atoms with E-state index in [2.05, 4.69) is 19.4 Å². The Kier molecular flexibility index (Phi) is 3.75. The second-order valence-corrected chi connectivity index (χ2v) is 4.40. The standard InChI is InChI=1S/C15H16N2O/c1-17(2)14-10-8-13(9-11-14)16-15(18)12-6-4-3-5-7-12/h3-11H,1-2H3,(H,16,18)/p+1. The SMILES string of the molecule is C[NH+](C)c1ccc(NC(=O)c2ccccc2)cc1. The summed E-state index contributed by atoms with van der Waals surface area (Å²) in [5.41, 5.74) is 2.67. The second kappa shape index (κ2) is 5.47. The minimum atomic E-state index is -0.0828. The number of carbonyl (C=O) groups is 1. The van der Waals surface area contributed by atoms with E-state index in [9.17, 15) is 4.79 Å². The number of hydrogen-bond donors (Lipinski definition) is 2. The lowest BCUT2D eigenvalue weighted by atomic mass is 10.2. The van der Waals surface area contributed by atoms with Gasteiger partial charge in [-0.15, -0.1) is 0 Å². The van der Waals surface area contributed by atoms with E-state index < -0.39 is 0 Å². The first-order chi connectivity index (χ1) is 8.66. The van der Waals surface area contributed by atoms with Crippen LogP contribution in [0, 0.1) is 0 Å². The van der Waals surface area contributed by atoms with Gasteiger partial charge in [-0.2, -0.15) is 0 Å². The molecule has 0 radical (unpaired) electrons. The summed E-state index contributed by atoms with van der Waals surface area (Å²) in [7, 11) is 4.13. The summed E-state index contributed by atoms with van der Waals surface area (Å²) >= 11 is 0. The Bertz CT molecular complexity index is 518. The lowest BCUT2D eigenvalue weighted by Gasteiger charge is -2.08. The molecule has 2 N–H and O–H groups in total. The van der Waals surface area contributed by atoms with Crippen LogP contribution in [0.5, 0.6) is 0 Å². The molecule has 0 aliphatic heterocycles. The number of amides is 1. The van der Waals surface area contributed by atoms with Crippen LogP contribution < -0.4 is 10.2 Å². The Hall–Kier alpha value is -2.13. The topological polar surface area (TPSA) is 33.5 Å². The molecule has 0 aliphatic carbocycles. The molecule has 0 aliphatic rings. The van der Waals surface area contributed by atoms with Gasteiger partial charge in [-0.25, -0.2) is 0 Å². The fourth-order valence-corrected chi connectivity index (χ4v) is 1.68. The molecule has 1 amide bonds. The molecular weight excluding hydrogens is 224 g/mol. The summed E-state index contributed by atoms with van der Waals surface area (Å²) in [5, 5.41) is 2.88. The zero-order valence-electron chi connectivity index (χ0n) is 10.6. The van der Waals surface area contributed by atoms with Gasteiger partial charge in [-0.1, -0.05) is 18.2 Å². The molecule has 0 bridgehead atoms. The third kappa shape index (κ3) is 2.96. The maximum atomic E-state index is 11.9. The fraction of sp³-hybridized carbons (Fsp3) is 0.133. The van der Waals surface area contributed by atoms with E-state index in [0.29, 0.717) is 5.56 Å². The van der Waals surface area contributed by atoms with E-state index >= 15 is 0 Å². The first-order valence-electron chi connectivity index (χ1n) is 5.94. The maximum Gasteiger partial charge on any atom is 0.255 e. The molecule has 0 aromatic heterocycles. The van der Waals surface area contributed by atoms with Crippen LogP contribution in [0.15, 0.2) is 54.6 Å². The quantitative estimate of drug-likeness (QED) is 0.843. The van der Waals surface area contributed by atoms with E-state index in [1.807, 2.05) is 42.5 Å². The normalized spacial score (nSPS) is 10.4. The second-order valence-electron chi connectivity index (χ2n) is 4.40. The molecule has 0 atom stereocenters. The van der Waals surface area contributed by atoms with Crippen molar-refractivity contribution in [1.29, 1.82) is 0 Å². The summed E-state index contributed by atoms with van der Waals surface area (Å²) in [6.45, 7) is 0. The summed E-state index contributed by atoms with van der Waals surface area (Å²) in [6, 6.07) is 17.1. The van der Waals surface area contributed by atoms with Crippen LogP contribution in [-0.4, -0.2) is 20.0 Å². The average molecular weight is 241 g/mol. The number of nitrogens with one attached hydrogen (secondary N) is 2. The highest BCUT2D eigenvalue weighted by molar-refractivity contribution is 6.04. The predicted molar refractivity (Wildman–Crippen MR) is 73.3 cm³/mol. The Balaban J connectivity index is 2.08. The van der Waals surface area contributed by atoms with Crippen molar-refractivity contribution in [3.8, 4) is 0 Å². The molecule has 3 heteroatoms. The van der Waals surface area contributed by atoms with Crippen LogP contribution in [0.4, 0.5) is 11.4 Å². The summed E-state index contributed by atoms with van der Waals surface area (Å²) in [6.07, 6.45) is 0. The monoisotopic (exact) mass is 241 g/mol. The Morgan fingerprint density at radius 3 is 2.11 bits per heavy atom. The maximum absolute atomic E-state index is 11.9. The number of quaternary nitrogens is 1. The number of hydrogen-bond acceptors (Lipinski definition) is 1. The first-order valence-corrected chi connectivity index (χ1v) is 5.94. The molecule has 0 saturated heterocycles. The van der Waals surface area contributed by atoms with E-state index in [1.165, 1.54) is 10.6 Å². The minimum Gasteiger partial charge on any atom is -0.322 e. The van der Waals surface area contributed by atoms with Crippen LogP contribution in [-0.2, 0) is 0 Å². The Morgan fingerprint density at radius 2 is 1.56 bits per heavy atom. The molecule has 0 saturated carbocycles. The molecule has 0 heterocycles. The van der Waals surface area contributed by atoms with Gasteiger partial charge in [0.25, 0.3) is 5.91 Å². The zero-order valence-corrected chi connectivity index (χ0v) is 10.6. The highest BCUT2D eigenvalue weighted by Crippen LogP contribution is 2.11. The van der Waals surface area contributed by atoms with Crippen LogP contribution >= 0.6 is 0 Å². The van der Waals surface area contributed by atoms with E-state index in [0.717, 1.165) is 5.69 Å². The van der Waals surface area contributed by atoms with Gasteiger partial charge in [-0.3, -0.25) is 4.79 Å². The van der Waals surface area contributed by atoms with Crippen LogP contribution in [0.1, 0.15) is 10.4 Å². The van der Waals surface area contributed by atoms with Gasteiger partial charge < -0.3 is 10.2 Å². The summed E-state index contributed by atoms with van der Waals surface area (Å²) in [5.74, 6) is -0.0828. The molecule has 2 aromatic carbocycles. The average Bonchev–Trinajstić information content (AvgIpc) is 2.40. The molecule has 18 heavy (non-hydrogen) atoms. The van der Waals surface area contributed by atoms with Crippen molar-refractivity contribution in [3.63, 3.8) is 0 Å². The molecule has 0 fully saturated rings. The van der Waals surface area contributed by atoms with Crippen molar-refractivity contribution in [2.45, 2.75) is 0 Å². The van der Waals surface area contributed by atoms with E-state index in [-0.39, 0.29) is 5.91 Å². The Morgan fingerprint density at radius 1 is 0.944 bits per heavy atom. The first kappa shape index (κ1) is 12.3. The van der Waals surface area contributed by atoms with Crippen molar-refractivity contribution < 1.29 is 9.69 Å². The third-order valence-corrected chi connectivity index (χ3v) is 2.76. The van der Waals surface area contributed by atoms with Crippen molar-refractivity contribution in [1.82, 2.24) is 0 Å². The predicted octanol–water partition coefficient (Wildman–Crippen LogP) is 1.71. The van der Waals surface area contributed by atoms with Gasteiger partial charge in [0.1, 0.15) is 5.69 Å². The lowest BCUT2D eigenvalue weighted by Crippen LogP contribution is -3.00. The van der Waals surface area contributed by atoms with Gasteiger partial charge in [0.05, 0.1) is 14.1 Å². The van der Waals surface area contributed by atoms with Crippen molar-refractivity contribution in [2.24, 2.45) is 0 Å². The molecule has 2 rings (SSSR count). The van der Waals surface area contributed by atoms with Crippen molar-refractivity contribution in [3.05, 3.63) is 60.2 Å². The van der Waals surface area contributed by atoms with Crippen molar-refractivity contribution >= 4 is 17.3 Å². The summed E-state index contributed by atoms with van der Waals surface area (Å²) in [4.78, 5) is 13.2. The smallest absolute Gasteiger partial charge is 0.255 e. The fourth-order valence-electron chi connectivity index (χ4n) is 1.68. The molecule has 2 aromatic rings. The van der Waals surface area contributed by atoms with Gasteiger partial charge in [-0.05, 0) is 24.3 Å². The molecule has 0 unspecified atom stereocenters. The highest BCUT2D eigenvalue weighted by Gasteiger charge is 2.05. The third-order valence-electron chi connectivity index (χ3n) is 2.76. The highest BCUT2D eigenvalue weighted by atomic mass is 16.1. The van der Waals surface area contributed by atoms with Crippen LogP contribution in [0.2, 0.25) is 0 Å². The van der Waals surface area contributed by atoms with E-state index in [1.54, 1.807) is 12.1 Å². The van der Waals surface area contributed by atoms with Crippen molar-refractivity contribution in [2.75, 3.05) is 19.4 Å². The van der Waals surface area contributed by atoms with Gasteiger partial charge >= 0.3 is 0 Å². The van der Waals surface area contributed by atoms with Gasteiger partial charge in [0, 0.05) is 23.4 Å². The Labute approximate surface area is 107 Å². The van der Waals surface area contributed by atoms with Crippen LogP contribution in [0.3, 0.4) is 0 Å². The zero-order chi connectivity index (χ0) is 13.0. The lowest BCUT2D eigenvalue weighted by molar-refractivity contribution is -0.786. The van der Waals surface area contributed by atoms with Gasteiger partial charge in [0.2, 0.25) is 0 Å². The number of anilines is 1.